The van der Waals surface area contributed by atoms with Crippen LogP contribution in [0.1, 0.15) is 164 Å². The van der Waals surface area contributed by atoms with E-state index in [4.69, 9.17) is 0 Å². The van der Waals surface area contributed by atoms with E-state index in [9.17, 15) is 0 Å². The van der Waals surface area contributed by atoms with Crippen LogP contribution >= 0.6 is 15.1 Å². The number of hydrogen-bond donors (Lipinski definition) is 0. The van der Waals surface area contributed by atoms with Crippen LogP contribution in [0.3, 0.4) is 0 Å². The van der Waals surface area contributed by atoms with Crippen molar-refractivity contribution in [2.45, 2.75) is 178 Å². The highest BCUT2D eigenvalue weighted by Crippen LogP contribution is 2.75. The van der Waals surface area contributed by atoms with Gasteiger partial charge in [0.1, 0.15) is 7.14 Å². The maximum atomic E-state index is 15.3. The summed E-state index contributed by atoms with van der Waals surface area (Å²) in [5, 5.41) is 3.43. The van der Waals surface area contributed by atoms with E-state index < -0.39 is 7.14 Å². The molecule has 8 aliphatic carbocycles. The van der Waals surface area contributed by atoms with Crippen molar-refractivity contribution in [3.05, 3.63) is 106 Å². The molecule has 10 rings (SSSR count). The lowest BCUT2D eigenvalue weighted by atomic mass is 9.92. The third kappa shape index (κ3) is 7.48. The summed E-state index contributed by atoms with van der Waals surface area (Å²) in [6.45, 7) is 4.57. The highest BCUT2D eigenvalue weighted by Gasteiger charge is 2.51. The normalized spacial score (nSPS) is 29.1. The molecule has 294 valence electrons. The second kappa shape index (κ2) is 17.1. The van der Waals surface area contributed by atoms with Crippen LogP contribution in [0.5, 0.6) is 0 Å². The Bertz CT molecular complexity index is 1800. The van der Waals surface area contributed by atoms with Gasteiger partial charge in [-0.05, 0) is 128 Å². The molecular weight excluding hydrogens is 703 g/mol. The first-order valence-corrected chi connectivity index (χ1v) is 26.7. The number of rotatable bonds is 8. The van der Waals surface area contributed by atoms with Gasteiger partial charge in [0, 0.05) is 40.3 Å². The van der Waals surface area contributed by atoms with Gasteiger partial charge in [0.2, 0.25) is 0 Å². The van der Waals surface area contributed by atoms with E-state index in [-0.39, 0.29) is 7.92 Å². The predicted molar refractivity (Wildman–Crippen MR) is 240 cm³/mol. The van der Waals surface area contributed by atoms with E-state index in [2.05, 4.69) is 86.7 Å². The topological polar surface area (TPSA) is 17.1 Å². The van der Waals surface area contributed by atoms with Gasteiger partial charge < -0.3 is 4.57 Å². The van der Waals surface area contributed by atoms with Gasteiger partial charge in [0.05, 0.1) is 0 Å². The van der Waals surface area contributed by atoms with Crippen molar-refractivity contribution in [3.63, 3.8) is 0 Å². The number of allylic oxidation sites excluding steroid dienone is 8. The Hall–Kier alpha value is -1.94. The van der Waals surface area contributed by atoms with Gasteiger partial charge in [-0.3, -0.25) is 0 Å². The van der Waals surface area contributed by atoms with Crippen molar-refractivity contribution in [2.75, 3.05) is 0 Å². The number of aryl methyl sites for hydroxylation is 2. The zero-order valence-corrected chi connectivity index (χ0v) is 36.2. The summed E-state index contributed by atoms with van der Waals surface area (Å²) < 4.78 is 15.3. The van der Waals surface area contributed by atoms with Gasteiger partial charge in [-0.25, -0.2) is 0 Å². The first-order chi connectivity index (χ1) is 27.0. The summed E-state index contributed by atoms with van der Waals surface area (Å²) in [6.07, 6.45) is 40.3. The molecule has 4 unspecified atom stereocenters. The minimum absolute atomic E-state index is 0.0402. The molecule has 0 radical (unpaired) electrons. The van der Waals surface area contributed by atoms with E-state index in [0.29, 0.717) is 29.1 Å². The van der Waals surface area contributed by atoms with Gasteiger partial charge in [-0.15, -0.1) is 0 Å². The summed E-state index contributed by atoms with van der Waals surface area (Å²) in [5.41, 5.74) is 12.1. The Morgan fingerprint density at radius 3 is 1.38 bits per heavy atom. The quantitative estimate of drug-likeness (QED) is 0.193. The smallest absolute Gasteiger partial charge is 0.118 e. The van der Waals surface area contributed by atoms with E-state index in [1.165, 1.54) is 169 Å². The largest absolute Gasteiger partial charge is 0.318 e. The molecule has 0 heterocycles. The molecular formula is C52H70OP2. The first kappa shape index (κ1) is 38.6. The van der Waals surface area contributed by atoms with E-state index in [1.807, 2.05) is 5.31 Å². The molecule has 1 nitrogen and oxygen atoms in total. The van der Waals surface area contributed by atoms with Gasteiger partial charge in [-0.2, -0.15) is 0 Å². The minimum atomic E-state index is -2.37. The van der Waals surface area contributed by atoms with Gasteiger partial charge in [-0.1, -0.05) is 158 Å². The summed E-state index contributed by atoms with van der Waals surface area (Å²) in [5.74, 6) is 2.44. The molecule has 0 amide bonds. The molecule has 2 aromatic carbocycles. The Balaban J connectivity index is 0.000000144. The molecule has 8 aliphatic rings. The summed E-state index contributed by atoms with van der Waals surface area (Å²) in [7, 11) is -2.33. The van der Waals surface area contributed by atoms with Crippen molar-refractivity contribution in [1.29, 1.82) is 0 Å². The number of fused-ring (bicyclic) bond motifs is 4. The molecule has 4 atom stereocenters. The molecule has 0 spiro atoms. The molecule has 4 saturated carbocycles. The van der Waals surface area contributed by atoms with Crippen LogP contribution in [-0.2, 0) is 4.57 Å². The van der Waals surface area contributed by atoms with Crippen LogP contribution in [0.4, 0.5) is 0 Å². The predicted octanol–water partition coefficient (Wildman–Crippen LogP) is 16.0. The molecule has 0 aliphatic heterocycles. The van der Waals surface area contributed by atoms with Crippen LogP contribution < -0.4 is 0 Å². The Labute approximate surface area is 336 Å². The third-order valence-electron chi connectivity index (χ3n) is 15.9. The second-order valence-electron chi connectivity index (χ2n) is 19.2. The zero-order chi connectivity index (χ0) is 37.4. The molecule has 2 aromatic rings. The van der Waals surface area contributed by atoms with E-state index in [1.54, 1.807) is 11.1 Å². The van der Waals surface area contributed by atoms with Crippen molar-refractivity contribution in [3.8, 4) is 0 Å². The monoisotopic (exact) mass is 772 g/mol. The molecule has 55 heavy (non-hydrogen) atoms. The number of hydrogen-bond acceptors (Lipinski definition) is 1. The summed E-state index contributed by atoms with van der Waals surface area (Å²) in [6, 6.07) is 18.1. The van der Waals surface area contributed by atoms with E-state index in [0.717, 1.165) is 17.2 Å². The second-order valence-corrected chi connectivity index (χ2v) is 25.3. The molecule has 4 fully saturated rings. The van der Waals surface area contributed by atoms with Crippen molar-refractivity contribution in [2.24, 2.45) is 23.7 Å². The molecule has 0 saturated heterocycles. The van der Waals surface area contributed by atoms with Crippen LogP contribution in [0.25, 0.3) is 11.1 Å². The van der Waals surface area contributed by atoms with Crippen LogP contribution in [0, 0.1) is 37.5 Å². The van der Waals surface area contributed by atoms with Gasteiger partial charge in [0.25, 0.3) is 0 Å². The maximum Gasteiger partial charge on any atom is 0.118 e. The average molecular weight is 773 g/mol. The molecule has 3 heteroatoms. The lowest BCUT2D eigenvalue weighted by Gasteiger charge is -2.41. The van der Waals surface area contributed by atoms with Gasteiger partial charge in [0.15, 0.2) is 0 Å². The van der Waals surface area contributed by atoms with Crippen LogP contribution in [0.2, 0.25) is 0 Å². The summed E-state index contributed by atoms with van der Waals surface area (Å²) in [4.78, 5) is 0. The van der Waals surface area contributed by atoms with Crippen LogP contribution in [-0.4, -0.2) is 22.6 Å². The van der Waals surface area contributed by atoms with Crippen molar-refractivity contribution in [1.82, 2.24) is 0 Å². The van der Waals surface area contributed by atoms with E-state index >= 15 is 4.57 Å². The Kier molecular flexibility index (Phi) is 12.0. The molecule has 0 aromatic heterocycles. The average Bonchev–Trinajstić information content (AvgIpc) is 4.06. The maximum absolute atomic E-state index is 15.3. The van der Waals surface area contributed by atoms with Crippen LogP contribution in [0.15, 0.2) is 83.5 Å². The first-order valence-electron chi connectivity index (χ1n) is 23.4. The lowest BCUT2D eigenvalue weighted by Crippen LogP contribution is -2.26. The van der Waals surface area contributed by atoms with Crippen molar-refractivity contribution >= 4 is 26.2 Å². The number of benzene rings is 2. The Morgan fingerprint density at radius 2 is 0.873 bits per heavy atom. The molecule has 0 N–H and O–H groups in total. The molecule has 4 bridgehead atoms. The van der Waals surface area contributed by atoms with Gasteiger partial charge >= 0.3 is 0 Å². The summed E-state index contributed by atoms with van der Waals surface area (Å²) >= 11 is 0. The Morgan fingerprint density at radius 1 is 0.473 bits per heavy atom. The lowest BCUT2D eigenvalue weighted by molar-refractivity contribution is 0.449. The highest BCUT2D eigenvalue weighted by atomic mass is 31.2. The SMILES string of the molecule is Cc1ccccc1C1=C(P(=O)(C2CCCCC2)C2CCCCC2)C2C=CC1C2.Cc1ccccc1C1=C(P(C2CCCCC2)C2CCCCC2)C2C=CC1C2. The minimum Gasteiger partial charge on any atom is -0.318 e. The fourth-order valence-electron chi connectivity index (χ4n) is 13.2. The zero-order valence-electron chi connectivity index (χ0n) is 34.4. The third-order valence-corrected chi connectivity index (χ3v) is 24.1. The highest BCUT2D eigenvalue weighted by molar-refractivity contribution is 7.70. The fraction of sp³-hybridized carbons (Fsp3) is 0.615. The fourth-order valence-corrected chi connectivity index (χ4v) is 22.6. The standard InChI is InChI=1S/C26H35OP.C26H35P/c1-19-10-8-9-15-24(19)25-20-16-17-21(18-20)26(25)28(27,22-11-4-2-5-12-22)23-13-6-3-7-14-23;1-19-10-8-9-15-24(19)25-20-16-17-21(18-20)26(25)27(22-11-4-2-5-12-22)23-13-6-3-7-14-23/h8-10,15-17,20-23H,2-7,11-14,18H2,1H3;8-10,15-17,20-23H,2-7,11-14,18H2,1H3. The van der Waals surface area contributed by atoms with Crippen molar-refractivity contribution < 1.29 is 4.57 Å².